The fourth-order valence-electron chi connectivity index (χ4n) is 1.51. The predicted molar refractivity (Wildman–Crippen MR) is 74.5 cm³/mol. The van der Waals surface area contributed by atoms with Gasteiger partial charge in [0.2, 0.25) is 10.0 Å². The van der Waals surface area contributed by atoms with Crippen LogP contribution in [0.15, 0.2) is 59.5 Å². The van der Waals surface area contributed by atoms with E-state index < -0.39 is 10.0 Å². The molecule has 0 radical (unpaired) electrons. The van der Waals surface area contributed by atoms with Crippen LogP contribution >= 0.6 is 0 Å². The lowest BCUT2D eigenvalue weighted by molar-refractivity contribution is 0.598. The summed E-state index contributed by atoms with van der Waals surface area (Å²) in [4.78, 5) is 0.0568. The molecule has 0 saturated carbocycles. The van der Waals surface area contributed by atoms with E-state index in [-0.39, 0.29) is 4.90 Å². The first-order valence-electron chi connectivity index (χ1n) is 5.46. The Kier molecular flexibility index (Phi) is 3.70. The number of hydrogen-bond donors (Lipinski definition) is 3. The molecule has 0 bridgehead atoms. The van der Waals surface area contributed by atoms with Crippen LogP contribution in [0.2, 0.25) is 0 Å². The van der Waals surface area contributed by atoms with Crippen LogP contribution < -0.4 is 21.5 Å². The minimum atomic E-state index is -3.67. The van der Waals surface area contributed by atoms with Crippen LogP contribution in [0.1, 0.15) is 0 Å². The Bertz CT molecular complexity index is 641. The van der Waals surface area contributed by atoms with Gasteiger partial charge in [0.1, 0.15) is 0 Å². The van der Waals surface area contributed by atoms with E-state index in [1.54, 1.807) is 12.1 Å². The van der Waals surface area contributed by atoms with Crippen molar-refractivity contribution in [1.29, 1.82) is 0 Å². The second-order valence-electron chi connectivity index (χ2n) is 3.89. The van der Waals surface area contributed by atoms with Crippen molar-refractivity contribution >= 4 is 21.4 Å². The van der Waals surface area contributed by atoms with Gasteiger partial charge in [0.25, 0.3) is 0 Å². The summed E-state index contributed by atoms with van der Waals surface area (Å²) in [5.41, 5.74) is 4.34. The lowest BCUT2D eigenvalue weighted by atomic mass is 10.3. The molecule has 0 atom stereocenters. The summed E-state index contributed by atoms with van der Waals surface area (Å²) in [6.07, 6.45) is 0. The lowest BCUT2D eigenvalue weighted by Crippen LogP contribution is -2.36. The molecule has 0 unspecified atom stereocenters. The molecular formula is C12H14N4O2S. The summed E-state index contributed by atoms with van der Waals surface area (Å²) in [6, 6.07) is 15.3. The Balaban J connectivity index is 2.12. The van der Waals surface area contributed by atoms with E-state index >= 15 is 0 Å². The van der Waals surface area contributed by atoms with Crippen molar-refractivity contribution in [3.05, 3.63) is 54.6 Å². The average Bonchev–Trinajstić information content (AvgIpc) is 2.39. The maximum atomic E-state index is 11.1. The molecule has 0 saturated heterocycles. The molecule has 0 amide bonds. The first-order chi connectivity index (χ1) is 8.97. The average molecular weight is 278 g/mol. The third-order valence-electron chi connectivity index (χ3n) is 2.47. The maximum Gasteiger partial charge on any atom is 0.238 e. The zero-order valence-electron chi connectivity index (χ0n) is 10.0. The molecule has 100 valence electrons. The van der Waals surface area contributed by atoms with E-state index in [1.165, 1.54) is 17.3 Å². The van der Waals surface area contributed by atoms with E-state index in [0.29, 0.717) is 5.69 Å². The number of sulfonamides is 1. The fraction of sp³-hybridized carbons (Fsp3) is 0. The normalized spacial score (nSPS) is 11.1. The van der Waals surface area contributed by atoms with Gasteiger partial charge in [-0.2, -0.15) is 0 Å². The Morgan fingerprint density at radius 3 is 2.05 bits per heavy atom. The largest absolute Gasteiger partial charge is 0.284 e. The van der Waals surface area contributed by atoms with Gasteiger partial charge in [-0.05, 0) is 36.4 Å². The Morgan fingerprint density at radius 2 is 1.53 bits per heavy atom. The molecule has 0 aromatic heterocycles. The van der Waals surface area contributed by atoms with Crippen molar-refractivity contribution in [2.75, 3.05) is 10.5 Å². The predicted octanol–water partition coefficient (Wildman–Crippen LogP) is 1.04. The zero-order chi connectivity index (χ0) is 13.9. The van der Waals surface area contributed by atoms with E-state index in [1.807, 2.05) is 30.3 Å². The van der Waals surface area contributed by atoms with Gasteiger partial charge >= 0.3 is 0 Å². The number of hydrazine groups is 2. The Morgan fingerprint density at radius 1 is 0.947 bits per heavy atom. The standard InChI is InChI=1S/C12H14N4O2S/c13-16(11-4-2-1-3-5-11)15-10-6-8-12(9-7-10)19(14,17)18/h1-9,15H,13H2,(H2,14,17,18). The highest BCUT2D eigenvalue weighted by molar-refractivity contribution is 7.89. The van der Waals surface area contributed by atoms with Crippen LogP contribution in [0.3, 0.4) is 0 Å². The van der Waals surface area contributed by atoms with Crippen molar-refractivity contribution < 1.29 is 8.42 Å². The second kappa shape index (κ2) is 5.27. The van der Waals surface area contributed by atoms with Gasteiger partial charge in [-0.3, -0.25) is 5.43 Å². The summed E-state index contributed by atoms with van der Waals surface area (Å²) in [6.45, 7) is 0. The third kappa shape index (κ3) is 3.44. The van der Waals surface area contributed by atoms with Gasteiger partial charge in [-0.1, -0.05) is 18.2 Å². The SMILES string of the molecule is NN(Nc1ccc(S(N)(=O)=O)cc1)c1ccccc1. The lowest BCUT2D eigenvalue weighted by Gasteiger charge is -2.20. The van der Waals surface area contributed by atoms with Crippen molar-refractivity contribution in [1.82, 2.24) is 0 Å². The van der Waals surface area contributed by atoms with Crippen LogP contribution in [0.5, 0.6) is 0 Å². The van der Waals surface area contributed by atoms with Gasteiger partial charge < -0.3 is 0 Å². The number of nitrogens with two attached hydrogens (primary N) is 2. The van der Waals surface area contributed by atoms with Crippen LogP contribution in [0.4, 0.5) is 11.4 Å². The van der Waals surface area contributed by atoms with Crippen LogP contribution in [0.25, 0.3) is 0 Å². The van der Waals surface area contributed by atoms with Crippen LogP contribution in [-0.4, -0.2) is 8.42 Å². The molecule has 2 rings (SSSR count). The first kappa shape index (κ1) is 13.3. The molecule has 0 aliphatic heterocycles. The van der Waals surface area contributed by atoms with Gasteiger partial charge in [-0.25, -0.2) is 24.5 Å². The zero-order valence-corrected chi connectivity index (χ0v) is 10.8. The highest BCUT2D eigenvalue weighted by Crippen LogP contribution is 2.15. The molecule has 6 nitrogen and oxygen atoms in total. The smallest absolute Gasteiger partial charge is 0.238 e. The number of nitrogens with one attached hydrogen (secondary N) is 1. The van der Waals surface area contributed by atoms with Crippen molar-refractivity contribution in [2.45, 2.75) is 4.90 Å². The quantitative estimate of drug-likeness (QED) is 0.573. The minimum Gasteiger partial charge on any atom is -0.284 e. The minimum absolute atomic E-state index is 0.0568. The molecule has 19 heavy (non-hydrogen) atoms. The maximum absolute atomic E-state index is 11.1. The molecule has 2 aromatic rings. The number of para-hydroxylation sites is 1. The van der Waals surface area contributed by atoms with E-state index in [2.05, 4.69) is 5.43 Å². The molecule has 7 heteroatoms. The molecule has 0 aliphatic carbocycles. The van der Waals surface area contributed by atoms with E-state index in [0.717, 1.165) is 5.69 Å². The van der Waals surface area contributed by atoms with Gasteiger partial charge in [0.15, 0.2) is 0 Å². The fourth-order valence-corrected chi connectivity index (χ4v) is 2.03. The molecule has 0 spiro atoms. The second-order valence-corrected chi connectivity index (χ2v) is 5.45. The molecule has 0 aliphatic rings. The van der Waals surface area contributed by atoms with Gasteiger partial charge in [0.05, 0.1) is 16.3 Å². The molecule has 5 N–H and O–H groups in total. The van der Waals surface area contributed by atoms with Gasteiger partial charge in [0, 0.05) is 0 Å². The molecule has 2 aromatic carbocycles. The number of hydrogen-bond acceptors (Lipinski definition) is 5. The highest BCUT2D eigenvalue weighted by atomic mass is 32.2. The summed E-state index contributed by atoms with van der Waals surface area (Å²) >= 11 is 0. The number of anilines is 2. The number of primary sulfonamides is 1. The first-order valence-corrected chi connectivity index (χ1v) is 7.01. The highest BCUT2D eigenvalue weighted by Gasteiger charge is 2.07. The van der Waals surface area contributed by atoms with Crippen molar-refractivity contribution in [3.8, 4) is 0 Å². The van der Waals surface area contributed by atoms with Crippen molar-refractivity contribution in [2.24, 2.45) is 11.0 Å². The molecule has 0 fully saturated rings. The van der Waals surface area contributed by atoms with Crippen molar-refractivity contribution in [3.63, 3.8) is 0 Å². The summed E-state index contributed by atoms with van der Waals surface area (Å²) < 4.78 is 22.2. The number of rotatable bonds is 4. The summed E-state index contributed by atoms with van der Waals surface area (Å²) in [5.74, 6) is 5.83. The monoisotopic (exact) mass is 278 g/mol. The van der Waals surface area contributed by atoms with E-state index in [9.17, 15) is 8.42 Å². The molecule has 0 heterocycles. The van der Waals surface area contributed by atoms with E-state index in [4.69, 9.17) is 11.0 Å². The number of benzene rings is 2. The topological polar surface area (TPSA) is 101 Å². The third-order valence-corrected chi connectivity index (χ3v) is 3.40. The van der Waals surface area contributed by atoms with Crippen LogP contribution in [0, 0.1) is 0 Å². The van der Waals surface area contributed by atoms with Crippen LogP contribution in [-0.2, 0) is 10.0 Å². The van der Waals surface area contributed by atoms with Gasteiger partial charge in [-0.15, -0.1) is 0 Å². The Hall–Kier alpha value is -2.09. The summed E-state index contributed by atoms with van der Waals surface area (Å²) in [7, 11) is -3.67. The molecular weight excluding hydrogens is 264 g/mol. The Labute approximate surface area is 111 Å². The summed E-state index contributed by atoms with van der Waals surface area (Å²) in [5, 5.41) is 6.36. The number of nitrogens with zero attached hydrogens (tertiary/aromatic N) is 1.